The Morgan fingerprint density at radius 2 is 1.70 bits per heavy atom. The molecule has 2 saturated carbocycles. The highest BCUT2D eigenvalue weighted by Gasteiger charge is 2.37. The SMILES string of the molecule is CC1CCC(NC(=O)C2CCC3NCCCC3C2)CC1NC1NCCC(C2CCCNC2)N1. The van der Waals surface area contributed by atoms with Crippen molar-refractivity contribution in [3.05, 3.63) is 0 Å². The number of hydrogen-bond donors (Lipinski definition) is 6. The lowest BCUT2D eigenvalue weighted by atomic mass is 9.74. The van der Waals surface area contributed by atoms with Crippen LogP contribution in [0.25, 0.3) is 0 Å². The van der Waals surface area contributed by atoms with E-state index >= 15 is 0 Å². The summed E-state index contributed by atoms with van der Waals surface area (Å²) in [5.74, 6) is 2.65. The van der Waals surface area contributed by atoms with Gasteiger partial charge in [0.25, 0.3) is 0 Å². The van der Waals surface area contributed by atoms with Crippen LogP contribution >= 0.6 is 0 Å². The molecule has 3 saturated heterocycles. The fourth-order valence-corrected chi connectivity index (χ4v) is 7.40. The summed E-state index contributed by atoms with van der Waals surface area (Å²) in [5, 5.41) is 22.2. The summed E-state index contributed by atoms with van der Waals surface area (Å²) in [6.45, 7) is 6.94. The van der Waals surface area contributed by atoms with Crippen molar-refractivity contribution in [3.63, 3.8) is 0 Å². The predicted octanol–water partition coefficient (Wildman–Crippen LogP) is 1.65. The lowest BCUT2D eigenvalue weighted by Crippen LogP contribution is -2.66. The highest BCUT2D eigenvalue weighted by molar-refractivity contribution is 5.79. The van der Waals surface area contributed by atoms with Gasteiger partial charge in [-0.05, 0) is 115 Å². The Labute approximate surface area is 200 Å². The van der Waals surface area contributed by atoms with Gasteiger partial charge in [-0.15, -0.1) is 0 Å². The third-order valence-corrected chi connectivity index (χ3v) is 9.52. The van der Waals surface area contributed by atoms with Gasteiger partial charge in [0.1, 0.15) is 6.29 Å². The summed E-state index contributed by atoms with van der Waals surface area (Å²) in [5.41, 5.74) is 0. The third kappa shape index (κ3) is 6.10. The molecule has 9 atom stereocenters. The molecule has 5 aliphatic rings. The van der Waals surface area contributed by atoms with E-state index < -0.39 is 0 Å². The number of carbonyl (C=O) groups is 1. The summed E-state index contributed by atoms with van der Waals surface area (Å²) in [7, 11) is 0. The van der Waals surface area contributed by atoms with Crippen LogP contribution in [0.4, 0.5) is 0 Å². The molecule has 3 aliphatic heterocycles. The molecule has 1 amide bonds. The number of piperidine rings is 2. The average molecular weight is 461 g/mol. The maximum absolute atomic E-state index is 13.2. The van der Waals surface area contributed by atoms with Crippen LogP contribution in [0.3, 0.4) is 0 Å². The fraction of sp³-hybridized carbons (Fsp3) is 0.962. The molecule has 0 spiro atoms. The molecule has 0 radical (unpaired) electrons. The lowest BCUT2D eigenvalue weighted by Gasteiger charge is -2.43. The van der Waals surface area contributed by atoms with E-state index in [0.717, 1.165) is 51.2 Å². The molecule has 7 heteroatoms. The third-order valence-electron chi connectivity index (χ3n) is 9.52. The van der Waals surface area contributed by atoms with Crippen LogP contribution in [-0.4, -0.2) is 62.5 Å². The molecule has 33 heavy (non-hydrogen) atoms. The summed E-state index contributed by atoms with van der Waals surface area (Å²) < 4.78 is 0. The highest BCUT2D eigenvalue weighted by atomic mass is 16.1. The van der Waals surface area contributed by atoms with Crippen LogP contribution in [0.1, 0.15) is 77.6 Å². The average Bonchev–Trinajstić information content (AvgIpc) is 2.86. The number of hydrogen-bond acceptors (Lipinski definition) is 6. The second-order valence-electron chi connectivity index (χ2n) is 11.8. The van der Waals surface area contributed by atoms with Crippen molar-refractivity contribution in [2.75, 3.05) is 26.2 Å². The van der Waals surface area contributed by atoms with Crippen molar-refractivity contribution in [1.82, 2.24) is 31.9 Å². The standard InChI is InChI=1S/C26H48N6O/c1-17-6-8-21(30-25(33)19-7-9-22-18(14-19)4-3-12-28-22)15-24(17)32-26-29-13-10-23(31-26)20-5-2-11-27-16-20/h17-24,26-29,31-32H,2-16H2,1H3,(H,30,33). The van der Waals surface area contributed by atoms with Crippen LogP contribution < -0.4 is 31.9 Å². The molecule has 5 fully saturated rings. The molecular formula is C26H48N6O. The predicted molar refractivity (Wildman–Crippen MR) is 133 cm³/mol. The van der Waals surface area contributed by atoms with Gasteiger partial charge in [0.05, 0.1) is 0 Å². The molecule has 7 nitrogen and oxygen atoms in total. The fourth-order valence-electron chi connectivity index (χ4n) is 7.40. The van der Waals surface area contributed by atoms with Gasteiger partial charge in [-0.2, -0.15) is 0 Å². The van der Waals surface area contributed by atoms with Crippen LogP contribution in [0.15, 0.2) is 0 Å². The van der Waals surface area contributed by atoms with Crippen LogP contribution in [0.2, 0.25) is 0 Å². The Kier molecular flexibility index (Phi) is 8.24. The molecule has 0 aromatic heterocycles. The highest BCUT2D eigenvalue weighted by Crippen LogP contribution is 2.35. The van der Waals surface area contributed by atoms with Gasteiger partial charge in [-0.25, -0.2) is 0 Å². The van der Waals surface area contributed by atoms with E-state index in [9.17, 15) is 4.79 Å². The minimum absolute atomic E-state index is 0.182. The summed E-state index contributed by atoms with van der Waals surface area (Å²) >= 11 is 0. The Morgan fingerprint density at radius 3 is 2.58 bits per heavy atom. The molecule has 6 N–H and O–H groups in total. The van der Waals surface area contributed by atoms with Crippen molar-refractivity contribution in [2.45, 2.75) is 108 Å². The minimum Gasteiger partial charge on any atom is -0.353 e. The Hall–Kier alpha value is -0.730. The van der Waals surface area contributed by atoms with Gasteiger partial charge >= 0.3 is 0 Å². The zero-order valence-electron chi connectivity index (χ0n) is 20.7. The number of fused-ring (bicyclic) bond motifs is 1. The Balaban J connectivity index is 1.10. The Bertz CT molecular complexity index is 640. The normalized spacial score (nSPS) is 44.6. The lowest BCUT2D eigenvalue weighted by molar-refractivity contribution is -0.128. The first-order chi connectivity index (χ1) is 16.2. The summed E-state index contributed by atoms with van der Waals surface area (Å²) in [6.07, 6.45) is 13.3. The molecule has 3 heterocycles. The van der Waals surface area contributed by atoms with Crippen molar-refractivity contribution in [1.29, 1.82) is 0 Å². The van der Waals surface area contributed by atoms with E-state index in [2.05, 4.69) is 38.8 Å². The van der Waals surface area contributed by atoms with Crippen molar-refractivity contribution < 1.29 is 4.79 Å². The van der Waals surface area contributed by atoms with E-state index in [-0.39, 0.29) is 12.2 Å². The van der Waals surface area contributed by atoms with Gasteiger partial charge in [-0.1, -0.05) is 6.92 Å². The zero-order valence-corrected chi connectivity index (χ0v) is 20.7. The number of carbonyl (C=O) groups excluding carboxylic acids is 1. The van der Waals surface area contributed by atoms with Gasteiger partial charge in [0, 0.05) is 30.1 Å². The molecule has 188 valence electrons. The first-order valence-corrected chi connectivity index (χ1v) is 14.2. The van der Waals surface area contributed by atoms with Crippen LogP contribution in [0.5, 0.6) is 0 Å². The molecule has 5 rings (SSSR count). The first kappa shape index (κ1) is 24.0. The van der Waals surface area contributed by atoms with E-state index in [1.54, 1.807) is 0 Å². The molecular weight excluding hydrogens is 412 g/mol. The molecule has 0 aromatic carbocycles. The quantitative estimate of drug-likeness (QED) is 0.374. The van der Waals surface area contributed by atoms with E-state index in [1.807, 2.05) is 0 Å². The molecule has 0 aromatic rings. The van der Waals surface area contributed by atoms with E-state index in [0.29, 0.717) is 41.9 Å². The zero-order chi connectivity index (χ0) is 22.6. The number of amides is 1. The topological polar surface area (TPSA) is 89.2 Å². The maximum atomic E-state index is 13.2. The first-order valence-electron chi connectivity index (χ1n) is 14.2. The van der Waals surface area contributed by atoms with Gasteiger partial charge in [-0.3, -0.25) is 20.7 Å². The largest absolute Gasteiger partial charge is 0.353 e. The van der Waals surface area contributed by atoms with E-state index in [4.69, 9.17) is 0 Å². The monoisotopic (exact) mass is 460 g/mol. The summed E-state index contributed by atoms with van der Waals surface area (Å²) in [6, 6.07) is 2.01. The number of rotatable bonds is 5. The van der Waals surface area contributed by atoms with Gasteiger partial charge in [0.2, 0.25) is 5.91 Å². The molecule has 0 bridgehead atoms. The van der Waals surface area contributed by atoms with Gasteiger partial charge in [0.15, 0.2) is 0 Å². The van der Waals surface area contributed by atoms with E-state index in [1.165, 1.54) is 51.5 Å². The van der Waals surface area contributed by atoms with Gasteiger partial charge < -0.3 is 16.0 Å². The Morgan fingerprint density at radius 1 is 0.818 bits per heavy atom. The molecule has 9 unspecified atom stereocenters. The smallest absolute Gasteiger partial charge is 0.223 e. The van der Waals surface area contributed by atoms with Crippen LogP contribution in [-0.2, 0) is 4.79 Å². The number of nitrogens with one attached hydrogen (secondary N) is 6. The molecule has 2 aliphatic carbocycles. The van der Waals surface area contributed by atoms with Crippen molar-refractivity contribution in [3.8, 4) is 0 Å². The minimum atomic E-state index is 0.182. The van der Waals surface area contributed by atoms with Crippen molar-refractivity contribution in [2.24, 2.45) is 23.7 Å². The summed E-state index contributed by atoms with van der Waals surface area (Å²) in [4.78, 5) is 13.2. The second-order valence-corrected chi connectivity index (χ2v) is 11.8. The second kappa shape index (κ2) is 11.3. The van der Waals surface area contributed by atoms with Crippen molar-refractivity contribution >= 4 is 5.91 Å². The maximum Gasteiger partial charge on any atom is 0.223 e. The van der Waals surface area contributed by atoms with Crippen LogP contribution in [0, 0.1) is 23.7 Å².